The zero-order chi connectivity index (χ0) is 14.0. The van der Waals surface area contributed by atoms with E-state index in [0.29, 0.717) is 6.54 Å². The first-order valence-corrected chi connectivity index (χ1v) is 6.44. The lowest BCUT2D eigenvalue weighted by Gasteiger charge is -2.32. The van der Waals surface area contributed by atoms with Gasteiger partial charge in [-0.05, 0) is 30.9 Å². The maximum Gasteiger partial charge on any atom is 0.244 e. The highest BCUT2D eigenvalue weighted by atomic mass is 16.2. The standard InChI is InChI=1S/C14H19N3O2/c1-9-4-2-5-10-6-3-7-17(13(9)10)14(19)11(15)8-12(16)18/h2,4-5,11H,3,6-8,15H2,1H3,(H2,16,18). The molecule has 0 saturated heterocycles. The van der Waals surface area contributed by atoms with Gasteiger partial charge in [0.2, 0.25) is 11.8 Å². The van der Waals surface area contributed by atoms with E-state index >= 15 is 0 Å². The summed E-state index contributed by atoms with van der Waals surface area (Å²) in [5.41, 5.74) is 14.0. The molecule has 19 heavy (non-hydrogen) atoms. The molecule has 5 nitrogen and oxygen atoms in total. The van der Waals surface area contributed by atoms with E-state index in [-0.39, 0.29) is 12.3 Å². The third-order valence-corrected chi connectivity index (χ3v) is 3.42. The van der Waals surface area contributed by atoms with Crippen LogP contribution in [0.1, 0.15) is 24.0 Å². The molecule has 1 aliphatic rings. The molecule has 2 amide bonds. The van der Waals surface area contributed by atoms with Crippen LogP contribution in [0.2, 0.25) is 0 Å². The average Bonchev–Trinajstić information content (AvgIpc) is 2.36. The molecule has 102 valence electrons. The maximum absolute atomic E-state index is 12.3. The number of carbonyl (C=O) groups excluding carboxylic acids is 2. The number of rotatable bonds is 3. The third kappa shape index (κ3) is 2.76. The first kappa shape index (κ1) is 13.5. The highest BCUT2D eigenvalue weighted by Crippen LogP contribution is 2.30. The van der Waals surface area contributed by atoms with Gasteiger partial charge in [-0.2, -0.15) is 0 Å². The Hall–Kier alpha value is -1.88. The minimum Gasteiger partial charge on any atom is -0.370 e. The van der Waals surface area contributed by atoms with Crippen molar-refractivity contribution in [3.05, 3.63) is 29.3 Å². The quantitative estimate of drug-likeness (QED) is 0.829. The number of anilines is 1. The second kappa shape index (κ2) is 5.40. The molecule has 0 fully saturated rings. The number of amides is 2. The summed E-state index contributed by atoms with van der Waals surface area (Å²) >= 11 is 0. The zero-order valence-electron chi connectivity index (χ0n) is 11.1. The van der Waals surface area contributed by atoms with Crippen LogP contribution in [0.4, 0.5) is 5.69 Å². The Bertz CT molecular complexity index is 513. The molecule has 1 heterocycles. The van der Waals surface area contributed by atoms with Crippen LogP contribution in [0.25, 0.3) is 0 Å². The summed E-state index contributed by atoms with van der Waals surface area (Å²) < 4.78 is 0. The highest BCUT2D eigenvalue weighted by molar-refractivity contribution is 6.00. The minimum atomic E-state index is -0.858. The lowest BCUT2D eigenvalue weighted by Crippen LogP contribution is -2.47. The summed E-state index contributed by atoms with van der Waals surface area (Å²) in [4.78, 5) is 24.9. The van der Waals surface area contributed by atoms with Crippen molar-refractivity contribution in [2.75, 3.05) is 11.4 Å². The van der Waals surface area contributed by atoms with Crippen LogP contribution in [-0.2, 0) is 16.0 Å². The number of hydrogen-bond donors (Lipinski definition) is 2. The topological polar surface area (TPSA) is 89.4 Å². The Morgan fingerprint density at radius 3 is 2.84 bits per heavy atom. The van der Waals surface area contributed by atoms with Crippen molar-refractivity contribution in [1.29, 1.82) is 0 Å². The monoisotopic (exact) mass is 261 g/mol. The summed E-state index contributed by atoms with van der Waals surface area (Å²) in [6.07, 6.45) is 1.76. The van der Waals surface area contributed by atoms with Gasteiger partial charge in [-0.15, -0.1) is 0 Å². The Kier molecular flexibility index (Phi) is 3.85. The molecule has 0 aliphatic carbocycles. The number of nitrogens with two attached hydrogens (primary N) is 2. The van der Waals surface area contributed by atoms with E-state index in [4.69, 9.17) is 11.5 Å². The molecule has 1 atom stereocenters. The van der Waals surface area contributed by atoms with E-state index in [1.54, 1.807) is 4.90 Å². The molecular formula is C14H19N3O2. The molecule has 0 saturated carbocycles. The van der Waals surface area contributed by atoms with Gasteiger partial charge in [0.1, 0.15) is 0 Å². The molecule has 5 heteroatoms. The van der Waals surface area contributed by atoms with E-state index in [9.17, 15) is 9.59 Å². The van der Waals surface area contributed by atoms with Gasteiger partial charge in [-0.1, -0.05) is 18.2 Å². The largest absolute Gasteiger partial charge is 0.370 e. The number of aryl methyl sites for hydroxylation is 2. The fraction of sp³-hybridized carbons (Fsp3) is 0.429. The SMILES string of the molecule is Cc1cccc2c1N(C(=O)C(N)CC(N)=O)CCC2. The highest BCUT2D eigenvalue weighted by Gasteiger charge is 2.28. The van der Waals surface area contributed by atoms with E-state index in [2.05, 4.69) is 0 Å². The van der Waals surface area contributed by atoms with Gasteiger partial charge in [0, 0.05) is 12.2 Å². The lowest BCUT2D eigenvalue weighted by molar-refractivity contribution is -0.124. The van der Waals surface area contributed by atoms with E-state index < -0.39 is 11.9 Å². The van der Waals surface area contributed by atoms with Crippen LogP contribution in [0, 0.1) is 6.92 Å². The number of para-hydroxylation sites is 1. The number of nitrogens with zero attached hydrogens (tertiary/aromatic N) is 1. The summed E-state index contributed by atoms with van der Waals surface area (Å²) in [6.45, 7) is 2.62. The number of benzene rings is 1. The van der Waals surface area contributed by atoms with Crippen molar-refractivity contribution in [2.45, 2.75) is 32.2 Å². The van der Waals surface area contributed by atoms with Crippen molar-refractivity contribution >= 4 is 17.5 Å². The molecule has 0 spiro atoms. The molecule has 2 rings (SSSR count). The number of fused-ring (bicyclic) bond motifs is 1. The first-order chi connectivity index (χ1) is 9.00. The van der Waals surface area contributed by atoms with Crippen LogP contribution in [0.15, 0.2) is 18.2 Å². The fourth-order valence-electron chi connectivity index (χ4n) is 2.57. The summed E-state index contributed by atoms with van der Waals surface area (Å²) in [6, 6.07) is 5.14. The van der Waals surface area contributed by atoms with Crippen LogP contribution in [-0.4, -0.2) is 24.4 Å². The van der Waals surface area contributed by atoms with Gasteiger partial charge in [0.25, 0.3) is 0 Å². The van der Waals surface area contributed by atoms with Crippen molar-refractivity contribution in [1.82, 2.24) is 0 Å². The minimum absolute atomic E-state index is 0.115. The molecule has 1 aromatic rings. The summed E-state index contributed by atoms with van der Waals surface area (Å²) in [5.74, 6) is -0.781. The average molecular weight is 261 g/mol. The van der Waals surface area contributed by atoms with Crippen molar-refractivity contribution in [3.8, 4) is 0 Å². The molecule has 1 unspecified atom stereocenters. The van der Waals surface area contributed by atoms with Crippen LogP contribution < -0.4 is 16.4 Å². The van der Waals surface area contributed by atoms with Crippen LogP contribution in [0.3, 0.4) is 0 Å². The number of primary amides is 1. The van der Waals surface area contributed by atoms with Crippen LogP contribution in [0.5, 0.6) is 0 Å². The first-order valence-electron chi connectivity index (χ1n) is 6.44. The molecule has 0 aromatic heterocycles. The van der Waals surface area contributed by atoms with Crippen molar-refractivity contribution in [3.63, 3.8) is 0 Å². The number of hydrogen-bond acceptors (Lipinski definition) is 3. The fourth-order valence-corrected chi connectivity index (χ4v) is 2.57. The predicted octanol–water partition coefficient (Wildman–Crippen LogP) is 0.477. The van der Waals surface area contributed by atoms with E-state index in [1.165, 1.54) is 0 Å². The summed E-state index contributed by atoms with van der Waals surface area (Å²) in [7, 11) is 0. The van der Waals surface area contributed by atoms with Crippen LogP contribution >= 0.6 is 0 Å². The predicted molar refractivity (Wildman–Crippen MR) is 73.6 cm³/mol. The smallest absolute Gasteiger partial charge is 0.244 e. The molecule has 1 aliphatic heterocycles. The Morgan fingerprint density at radius 1 is 1.42 bits per heavy atom. The number of carbonyl (C=O) groups is 2. The van der Waals surface area contributed by atoms with Gasteiger partial charge < -0.3 is 16.4 Å². The van der Waals surface area contributed by atoms with Gasteiger partial charge >= 0.3 is 0 Å². The lowest BCUT2D eigenvalue weighted by atomic mass is 9.97. The molecule has 0 bridgehead atoms. The Labute approximate surface area is 112 Å². The van der Waals surface area contributed by atoms with Gasteiger partial charge in [-0.25, -0.2) is 0 Å². The van der Waals surface area contributed by atoms with Gasteiger partial charge in [-0.3, -0.25) is 9.59 Å². The Balaban J connectivity index is 2.28. The Morgan fingerprint density at radius 2 is 2.16 bits per heavy atom. The van der Waals surface area contributed by atoms with E-state index in [1.807, 2.05) is 25.1 Å². The second-order valence-electron chi connectivity index (χ2n) is 4.95. The van der Waals surface area contributed by atoms with Crippen molar-refractivity contribution < 1.29 is 9.59 Å². The molecule has 4 N–H and O–H groups in total. The maximum atomic E-state index is 12.3. The molecule has 0 radical (unpaired) electrons. The normalized spacial score (nSPS) is 15.8. The van der Waals surface area contributed by atoms with Gasteiger partial charge in [0.05, 0.1) is 12.5 Å². The third-order valence-electron chi connectivity index (χ3n) is 3.42. The van der Waals surface area contributed by atoms with Crippen molar-refractivity contribution in [2.24, 2.45) is 11.5 Å². The van der Waals surface area contributed by atoms with Gasteiger partial charge in [0.15, 0.2) is 0 Å². The molecule has 1 aromatic carbocycles. The second-order valence-corrected chi connectivity index (χ2v) is 4.95. The van der Waals surface area contributed by atoms with E-state index in [0.717, 1.165) is 29.7 Å². The summed E-state index contributed by atoms with van der Waals surface area (Å²) in [5, 5.41) is 0. The molecular weight excluding hydrogens is 242 g/mol. The zero-order valence-corrected chi connectivity index (χ0v) is 11.1.